The third-order valence-corrected chi connectivity index (χ3v) is 5.54. The van der Waals surface area contributed by atoms with E-state index in [2.05, 4.69) is 33.8 Å². The van der Waals surface area contributed by atoms with Crippen molar-refractivity contribution in [1.29, 1.82) is 0 Å². The van der Waals surface area contributed by atoms with E-state index in [0.717, 1.165) is 43.7 Å². The van der Waals surface area contributed by atoms with E-state index in [-0.39, 0.29) is 6.04 Å². The SMILES string of the molecule is CCOC(=O)c1cnn2ccc(N3CCCC3c3cncnc3CCC(C)C)nc12. The maximum absolute atomic E-state index is 12.3. The number of aromatic nitrogens is 5. The monoisotopic (exact) mass is 408 g/mol. The number of nitrogens with zero attached hydrogens (tertiary/aromatic N) is 6. The molecule has 0 saturated carbocycles. The molecule has 1 saturated heterocycles. The Bertz CT molecular complexity index is 1030. The van der Waals surface area contributed by atoms with Crippen molar-refractivity contribution >= 4 is 17.4 Å². The molecule has 0 amide bonds. The fraction of sp³-hybridized carbons (Fsp3) is 0.500. The Kier molecular flexibility index (Phi) is 5.92. The number of hydrogen-bond acceptors (Lipinski definition) is 7. The third kappa shape index (κ3) is 3.99. The maximum atomic E-state index is 12.3. The van der Waals surface area contributed by atoms with E-state index in [4.69, 9.17) is 9.72 Å². The van der Waals surface area contributed by atoms with Gasteiger partial charge in [0, 0.05) is 30.2 Å². The van der Waals surface area contributed by atoms with Gasteiger partial charge in [-0.15, -0.1) is 0 Å². The first-order chi connectivity index (χ1) is 14.6. The summed E-state index contributed by atoms with van der Waals surface area (Å²) in [5, 5.41) is 4.24. The van der Waals surface area contributed by atoms with Crippen LogP contribution < -0.4 is 4.90 Å². The van der Waals surface area contributed by atoms with Crippen LogP contribution in [0.4, 0.5) is 5.82 Å². The van der Waals surface area contributed by atoms with Gasteiger partial charge in [0.05, 0.1) is 18.8 Å². The Morgan fingerprint density at radius 3 is 3.00 bits per heavy atom. The van der Waals surface area contributed by atoms with Crippen molar-refractivity contribution < 1.29 is 9.53 Å². The molecular formula is C22H28N6O2. The molecule has 0 aromatic carbocycles. The van der Waals surface area contributed by atoms with Gasteiger partial charge in [-0.25, -0.2) is 24.3 Å². The molecule has 1 unspecified atom stereocenters. The van der Waals surface area contributed by atoms with Crippen molar-refractivity contribution in [2.45, 2.75) is 52.5 Å². The van der Waals surface area contributed by atoms with E-state index >= 15 is 0 Å². The van der Waals surface area contributed by atoms with Crippen molar-refractivity contribution in [3.8, 4) is 0 Å². The molecule has 3 aromatic heterocycles. The maximum Gasteiger partial charge on any atom is 0.343 e. The first-order valence-corrected chi connectivity index (χ1v) is 10.7. The summed E-state index contributed by atoms with van der Waals surface area (Å²) in [6.45, 7) is 7.46. The van der Waals surface area contributed by atoms with Crippen LogP contribution in [0.2, 0.25) is 0 Å². The molecule has 0 bridgehead atoms. The van der Waals surface area contributed by atoms with Gasteiger partial charge in [-0.05, 0) is 44.6 Å². The van der Waals surface area contributed by atoms with Crippen LogP contribution in [-0.2, 0) is 11.2 Å². The van der Waals surface area contributed by atoms with Crippen LogP contribution in [0.5, 0.6) is 0 Å². The van der Waals surface area contributed by atoms with Crippen LogP contribution in [0.3, 0.4) is 0 Å². The van der Waals surface area contributed by atoms with Crippen LogP contribution in [0.25, 0.3) is 5.65 Å². The lowest BCUT2D eigenvalue weighted by Crippen LogP contribution is -2.25. The van der Waals surface area contributed by atoms with Gasteiger partial charge in [-0.1, -0.05) is 13.8 Å². The topological polar surface area (TPSA) is 85.5 Å². The Labute approximate surface area is 176 Å². The Balaban J connectivity index is 1.67. The number of carbonyl (C=O) groups excluding carboxylic acids is 1. The van der Waals surface area contributed by atoms with Crippen molar-refractivity contribution in [3.63, 3.8) is 0 Å². The number of fused-ring (bicyclic) bond motifs is 1. The number of carbonyl (C=O) groups is 1. The second-order valence-electron chi connectivity index (χ2n) is 8.04. The number of aryl methyl sites for hydroxylation is 1. The Morgan fingerprint density at radius 2 is 2.20 bits per heavy atom. The van der Waals surface area contributed by atoms with E-state index in [9.17, 15) is 4.79 Å². The molecule has 1 aliphatic rings. The molecule has 4 rings (SSSR count). The van der Waals surface area contributed by atoms with E-state index < -0.39 is 5.97 Å². The molecule has 158 valence electrons. The molecule has 0 spiro atoms. The van der Waals surface area contributed by atoms with E-state index in [1.807, 2.05) is 18.5 Å². The molecule has 1 aliphatic heterocycles. The first kappa shape index (κ1) is 20.3. The van der Waals surface area contributed by atoms with Crippen LogP contribution >= 0.6 is 0 Å². The highest BCUT2D eigenvalue weighted by atomic mass is 16.5. The lowest BCUT2D eigenvalue weighted by atomic mass is 9.99. The highest BCUT2D eigenvalue weighted by molar-refractivity contribution is 5.95. The zero-order valence-electron chi connectivity index (χ0n) is 17.8. The van der Waals surface area contributed by atoms with Gasteiger partial charge in [-0.2, -0.15) is 5.10 Å². The predicted molar refractivity (Wildman–Crippen MR) is 113 cm³/mol. The smallest absolute Gasteiger partial charge is 0.343 e. The van der Waals surface area contributed by atoms with Gasteiger partial charge < -0.3 is 9.64 Å². The highest BCUT2D eigenvalue weighted by Gasteiger charge is 2.30. The lowest BCUT2D eigenvalue weighted by Gasteiger charge is -2.27. The van der Waals surface area contributed by atoms with Gasteiger partial charge >= 0.3 is 5.97 Å². The molecule has 1 atom stereocenters. The second kappa shape index (κ2) is 8.77. The molecule has 0 N–H and O–H groups in total. The van der Waals surface area contributed by atoms with Gasteiger partial charge in [0.1, 0.15) is 17.7 Å². The molecule has 4 heterocycles. The first-order valence-electron chi connectivity index (χ1n) is 10.7. The van der Waals surface area contributed by atoms with Crippen LogP contribution in [0.1, 0.15) is 67.7 Å². The van der Waals surface area contributed by atoms with Gasteiger partial charge in [0.2, 0.25) is 0 Å². The summed E-state index contributed by atoms with van der Waals surface area (Å²) in [7, 11) is 0. The number of esters is 1. The van der Waals surface area contributed by atoms with Crippen molar-refractivity contribution in [2.24, 2.45) is 5.92 Å². The zero-order valence-corrected chi connectivity index (χ0v) is 17.8. The molecule has 1 fully saturated rings. The van der Waals surface area contributed by atoms with Crippen molar-refractivity contribution in [3.05, 3.63) is 47.8 Å². The highest BCUT2D eigenvalue weighted by Crippen LogP contribution is 2.36. The average molecular weight is 409 g/mol. The predicted octanol–water partition coefficient (Wildman–Crippen LogP) is 3.63. The number of rotatable bonds is 7. The van der Waals surface area contributed by atoms with Crippen LogP contribution in [0, 0.1) is 5.92 Å². The summed E-state index contributed by atoms with van der Waals surface area (Å²) in [6, 6.07) is 2.13. The number of ether oxygens (including phenoxy) is 1. The summed E-state index contributed by atoms with van der Waals surface area (Å²) in [6.07, 6.45) is 11.1. The fourth-order valence-electron chi connectivity index (χ4n) is 4.01. The minimum atomic E-state index is -0.400. The summed E-state index contributed by atoms with van der Waals surface area (Å²) in [5.41, 5.74) is 3.20. The van der Waals surface area contributed by atoms with Crippen molar-refractivity contribution in [2.75, 3.05) is 18.1 Å². The number of anilines is 1. The molecule has 3 aromatic rings. The fourth-order valence-corrected chi connectivity index (χ4v) is 4.01. The summed E-state index contributed by atoms with van der Waals surface area (Å²) in [4.78, 5) is 28.2. The molecule has 8 heteroatoms. The zero-order chi connectivity index (χ0) is 21.1. The quantitative estimate of drug-likeness (QED) is 0.552. The Hall–Kier alpha value is -3.03. The molecular weight excluding hydrogens is 380 g/mol. The van der Waals surface area contributed by atoms with E-state index in [1.54, 1.807) is 17.8 Å². The molecule has 0 radical (unpaired) electrons. The lowest BCUT2D eigenvalue weighted by molar-refractivity contribution is 0.0528. The van der Waals surface area contributed by atoms with Crippen LogP contribution in [-0.4, -0.2) is 43.7 Å². The molecule has 0 aliphatic carbocycles. The van der Waals surface area contributed by atoms with Crippen LogP contribution in [0.15, 0.2) is 31.0 Å². The van der Waals surface area contributed by atoms with Gasteiger partial charge in [0.15, 0.2) is 5.65 Å². The average Bonchev–Trinajstić information content (AvgIpc) is 3.39. The minimum absolute atomic E-state index is 0.178. The standard InChI is InChI=1S/C22H28N6O2/c1-4-30-22(29)17-13-25-28-11-9-20(26-21(17)28)27-10-5-6-19(27)16-12-23-14-24-18(16)8-7-15(2)3/h9,11-15,19H,4-8,10H2,1-3H3. The van der Waals surface area contributed by atoms with Gasteiger partial charge in [0.25, 0.3) is 0 Å². The number of hydrogen-bond donors (Lipinski definition) is 0. The minimum Gasteiger partial charge on any atom is -0.462 e. The van der Waals surface area contributed by atoms with Gasteiger partial charge in [-0.3, -0.25) is 0 Å². The largest absolute Gasteiger partial charge is 0.462 e. The van der Waals surface area contributed by atoms with E-state index in [0.29, 0.717) is 23.7 Å². The normalized spacial score (nSPS) is 16.5. The second-order valence-corrected chi connectivity index (χ2v) is 8.04. The summed E-state index contributed by atoms with van der Waals surface area (Å²) in [5.74, 6) is 1.05. The summed E-state index contributed by atoms with van der Waals surface area (Å²) < 4.78 is 6.76. The summed E-state index contributed by atoms with van der Waals surface area (Å²) >= 11 is 0. The molecule has 30 heavy (non-hydrogen) atoms. The Morgan fingerprint density at radius 1 is 1.33 bits per heavy atom. The third-order valence-electron chi connectivity index (χ3n) is 5.54. The molecule has 8 nitrogen and oxygen atoms in total. The van der Waals surface area contributed by atoms with E-state index in [1.165, 1.54) is 11.8 Å². The van der Waals surface area contributed by atoms with Crippen molar-refractivity contribution in [1.82, 2.24) is 24.6 Å².